The van der Waals surface area contributed by atoms with Gasteiger partial charge in [0.25, 0.3) is 0 Å². The predicted octanol–water partition coefficient (Wildman–Crippen LogP) is 2.38. The Labute approximate surface area is 73.3 Å². The number of pyridine rings is 1. The van der Waals surface area contributed by atoms with Crippen molar-refractivity contribution >= 4 is 22.0 Å². The van der Waals surface area contributed by atoms with Gasteiger partial charge in [-0.3, -0.25) is 4.98 Å². The molecule has 54 valence electrons. The van der Waals surface area contributed by atoms with E-state index in [9.17, 15) is 0 Å². The molecule has 0 aliphatic carbocycles. The fraction of sp³-hybridized carbons (Fsp3) is 0. The summed E-state index contributed by atoms with van der Waals surface area (Å²) in [6.07, 6.45) is 4.75. The van der Waals surface area contributed by atoms with E-state index < -0.39 is 0 Å². The topological polar surface area (TPSA) is 36.7 Å². The molecule has 0 amide bonds. The maximum Gasteiger partial charge on any atom is 0.0912 e. The van der Waals surface area contributed by atoms with Gasteiger partial charge in [-0.25, -0.2) is 0 Å². The zero-order valence-electron chi connectivity index (χ0n) is 5.66. The lowest BCUT2D eigenvalue weighted by molar-refractivity contribution is 1.28. The van der Waals surface area contributed by atoms with Crippen LogP contribution in [0.4, 0.5) is 0 Å². The van der Waals surface area contributed by atoms with Crippen molar-refractivity contribution in [1.82, 2.24) is 4.98 Å². The lowest BCUT2D eigenvalue weighted by atomic mass is 10.3. The third-order valence-corrected chi connectivity index (χ3v) is 1.55. The maximum absolute atomic E-state index is 8.21. The molecule has 0 saturated carbocycles. The highest BCUT2D eigenvalue weighted by Crippen LogP contribution is 2.07. The molecule has 0 bridgehead atoms. The van der Waals surface area contributed by atoms with Crippen LogP contribution in [0.3, 0.4) is 0 Å². The molecule has 1 aromatic rings. The molecule has 3 heteroatoms. The minimum atomic E-state index is 0.787. The number of hydrogen-bond acceptors (Lipinski definition) is 2. The number of rotatable bonds is 1. The van der Waals surface area contributed by atoms with Crippen molar-refractivity contribution in [3.63, 3.8) is 0 Å². The summed E-state index contributed by atoms with van der Waals surface area (Å²) >= 11 is 3.26. The van der Waals surface area contributed by atoms with Crippen molar-refractivity contribution in [2.75, 3.05) is 0 Å². The number of nitrogens with zero attached hydrogens (tertiary/aromatic N) is 2. The van der Waals surface area contributed by atoms with E-state index in [1.54, 1.807) is 12.3 Å². The average Bonchev–Trinajstić information content (AvgIpc) is 2.04. The highest BCUT2D eigenvalue weighted by molar-refractivity contribution is 9.10. The van der Waals surface area contributed by atoms with Crippen molar-refractivity contribution in [2.45, 2.75) is 0 Å². The van der Waals surface area contributed by atoms with Crippen LogP contribution in [-0.2, 0) is 0 Å². The molecule has 0 aromatic carbocycles. The molecule has 0 N–H and O–H groups in total. The Morgan fingerprint density at radius 1 is 1.55 bits per heavy atom. The quantitative estimate of drug-likeness (QED) is 0.665. The fourth-order valence-corrected chi connectivity index (χ4v) is 0.843. The molecule has 0 spiro atoms. The number of aromatic nitrogens is 1. The number of hydrogen-bond donors (Lipinski definition) is 0. The van der Waals surface area contributed by atoms with E-state index in [-0.39, 0.29) is 0 Å². The highest BCUT2D eigenvalue weighted by atomic mass is 79.9. The van der Waals surface area contributed by atoms with Gasteiger partial charge < -0.3 is 0 Å². The summed E-state index contributed by atoms with van der Waals surface area (Å²) in [5.74, 6) is 0. The van der Waals surface area contributed by atoms with Crippen LogP contribution in [0, 0.1) is 11.3 Å². The first kappa shape index (κ1) is 7.96. The van der Waals surface area contributed by atoms with Crippen LogP contribution in [0.2, 0.25) is 0 Å². The van der Waals surface area contributed by atoms with Crippen LogP contribution in [0.5, 0.6) is 0 Å². The van der Waals surface area contributed by atoms with Crippen LogP contribution >= 0.6 is 15.9 Å². The SMILES string of the molecule is N#C/C=C/c1ccc(Br)cn1. The van der Waals surface area contributed by atoms with E-state index in [0.29, 0.717) is 0 Å². The van der Waals surface area contributed by atoms with E-state index in [4.69, 9.17) is 5.26 Å². The van der Waals surface area contributed by atoms with Crippen LogP contribution in [0.25, 0.3) is 6.08 Å². The molecule has 1 heterocycles. The molecule has 2 nitrogen and oxygen atoms in total. The Kier molecular flexibility index (Phi) is 2.82. The lowest BCUT2D eigenvalue weighted by Gasteiger charge is -1.89. The first-order valence-corrected chi connectivity index (χ1v) is 3.80. The molecule has 0 atom stereocenters. The molecule has 0 saturated heterocycles. The Morgan fingerprint density at radius 2 is 2.36 bits per heavy atom. The van der Waals surface area contributed by atoms with Gasteiger partial charge in [-0.15, -0.1) is 0 Å². The molecule has 0 fully saturated rings. The smallest absolute Gasteiger partial charge is 0.0912 e. The fourth-order valence-electron chi connectivity index (χ4n) is 0.608. The summed E-state index contributed by atoms with van der Waals surface area (Å²) in [5.41, 5.74) is 0.787. The lowest BCUT2D eigenvalue weighted by Crippen LogP contribution is -1.77. The van der Waals surface area contributed by atoms with Crippen LogP contribution in [-0.4, -0.2) is 4.98 Å². The van der Waals surface area contributed by atoms with Gasteiger partial charge in [-0.05, 0) is 34.1 Å². The summed E-state index contributed by atoms with van der Waals surface area (Å²) < 4.78 is 0.937. The number of allylic oxidation sites excluding steroid dienone is 1. The van der Waals surface area contributed by atoms with Crippen molar-refractivity contribution in [3.8, 4) is 6.07 Å². The average molecular weight is 209 g/mol. The van der Waals surface area contributed by atoms with Gasteiger partial charge in [0.2, 0.25) is 0 Å². The Morgan fingerprint density at radius 3 is 2.91 bits per heavy atom. The predicted molar refractivity (Wildman–Crippen MR) is 46.6 cm³/mol. The van der Waals surface area contributed by atoms with Crippen LogP contribution < -0.4 is 0 Å². The standard InChI is InChI=1S/C8H5BrN2/c9-7-3-4-8(11-6-7)2-1-5-10/h1-4,6H/b2-1+. The molecule has 11 heavy (non-hydrogen) atoms. The minimum Gasteiger partial charge on any atom is -0.256 e. The van der Waals surface area contributed by atoms with E-state index in [2.05, 4.69) is 20.9 Å². The third-order valence-electron chi connectivity index (χ3n) is 1.08. The van der Waals surface area contributed by atoms with Crippen LogP contribution in [0.15, 0.2) is 28.9 Å². The zero-order chi connectivity index (χ0) is 8.10. The summed E-state index contributed by atoms with van der Waals surface area (Å²) in [6.45, 7) is 0. The minimum absolute atomic E-state index is 0.787. The summed E-state index contributed by atoms with van der Waals surface area (Å²) in [7, 11) is 0. The van der Waals surface area contributed by atoms with Gasteiger partial charge in [-0.1, -0.05) is 0 Å². The Bertz CT molecular complexity index is 295. The normalized spacial score (nSPS) is 9.82. The van der Waals surface area contributed by atoms with Crippen molar-refractivity contribution < 1.29 is 0 Å². The number of nitriles is 1. The zero-order valence-corrected chi connectivity index (χ0v) is 7.25. The highest BCUT2D eigenvalue weighted by Gasteiger charge is 1.86. The largest absolute Gasteiger partial charge is 0.256 e. The van der Waals surface area contributed by atoms with Gasteiger partial charge in [-0.2, -0.15) is 5.26 Å². The van der Waals surface area contributed by atoms with Gasteiger partial charge in [0, 0.05) is 16.7 Å². The van der Waals surface area contributed by atoms with Crippen molar-refractivity contribution in [3.05, 3.63) is 34.6 Å². The van der Waals surface area contributed by atoms with Crippen molar-refractivity contribution in [1.29, 1.82) is 5.26 Å². The molecule has 1 aromatic heterocycles. The van der Waals surface area contributed by atoms with E-state index in [0.717, 1.165) is 10.2 Å². The molecular weight excluding hydrogens is 204 g/mol. The van der Waals surface area contributed by atoms with E-state index in [1.807, 2.05) is 18.2 Å². The van der Waals surface area contributed by atoms with E-state index in [1.165, 1.54) is 6.08 Å². The van der Waals surface area contributed by atoms with Gasteiger partial charge >= 0.3 is 0 Å². The molecule has 0 aliphatic rings. The molecule has 1 rings (SSSR count). The summed E-state index contributed by atoms with van der Waals surface area (Å²) in [5, 5.41) is 8.21. The first-order valence-electron chi connectivity index (χ1n) is 3.00. The second-order valence-corrected chi connectivity index (χ2v) is 2.78. The Balaban J connectivity index is 2.84. The Hall–Kier alpha value is -1.14. The van der Waals surface area contributed by atoms with Crippen molar-refractivity contribution in [2.24, 2.45) is 0 Å². The monoisotopic (exact) mass is 208 g/mol. The van der Waals surface area contributed by atoms with Crippen LogP contribution in [0.1, 0.15) is 5.69 Å². The van der Waals surface area contributed by atoms with Gasteiger partial charge in [0.1, 0.15) is 0 Å². The number of halogens is 1. The molecule has 0 unspecified atom stereocenters. The second kappa shape index (κ2) is 3.89. The third kappa shape index (κ3) is 2.52. The second-order valence-electron chi connectivity index (χ2n) is 1.86. The molecule has 0 aliphatic heterocycles. The molecule has 0 radical (unpaired) electrons. The summed E-state index contributed by atoms with van der Waals surface area (Å²) in [6, 6.07) is 5.61. The first-order chi connectivity index (χ1) is 5.33. The van der Waals surface area contributed by atoms with Gasteiger partial charge in [0.15, 0.2) is 0 Å². The summed E-state index contributed by atoms with van der Waals surface area (Å²) in [4.78, 5) is 4.03. The van der Waals surface area contributed by atoms with Gasteiger partial charge in [0.05, 0.1) is 11.8 Å². The maximum atomic E-state index is 8.21. The van der Waals surface area contributed by atoms with E-state index >= 15 is 0 Å². The molecular formula is C8H5BrN2.